The zero-order valence-electron chi connectivity index (χ0n) is 11.2. The minimum Gasteiger partial charge on any atom is -0.394 e. The number of allylic oxidation sites excluding steroid dienone is 1. The second kappa shape index (κ2) is 5.01. The standard InChI is InChI=1S/C13H18N4O3/c1-7-2-3-17(10-4-8(19)9(5-18)20-10)13-11(7)12(14)15-6-16-13/h2-3,6-10,18-19H,4-5H2,1H3,(H2,14,15,16). The molecular weight excluding hydrogens is 260 g/mol. The second-order valence-electron chi connectivity index (χ2n) is 5.15. The van der Waals surface area contributed by atoms with Crippen molar-refractivity contribution in [2.75, 3.05) is 17.2 Å². The molecule has 4 unspecified atom stereocenters. The largest absolute Gasteiger partial charge is 0.394 e. The van der Waals surface area contributed by atoms with Gasteiger partial charge in [-0.2, -0.15) is 0 Å². The highest BCUT2D eigenvalue weighted by atomic mass is 16.5. The zero-order valence-corrected chi connectivity index (χ0v) is 11.2. The summed E-state index contributed by atoms with van der Waals surface area (Å²) in [6, 6.07) is 0. The number of anilines is 2. The smallest absolute Gasteiger partial charge is 0.143 e. The van der Waals surface area contributed by atoms with Gasteiger partial charge in [0.05, 0.1) is 12.7 Å². The molecule has 2 aliphatic heterocycles. The third-order valence-corrected chi connectivity index (χ3v) is 3.82. The van der Waals surface area contributed by atoms with Gasteiger partial charge in [0.15, 0.2) is 0 Å². The Morgan fingerprint density at radius 2 is 2.30 bits per heavy atom. The van der Waals surface area contributed by atoms with Crippen LogP contribution in [-0.4, -0.2) is 45.2 Å². The minimum atomic E-state index is -0.680. The van der Waals surface area contributed by atoms with Crippen LogP contribution in [0.3, 0.4) is 0 Å². The number of aliphatic hydroxyl groups is 2. The van der Waals surface area contributed by atoms with Crippen LogP contribution in [0.5, 0.6) is 0 Å². The summed E-state index contributed by atoms with van der Waals surface area (Å²) in [6.07, 6.45) is 4.10. The van der Waals surface area contributed by atoms with Gasteiger partial charge in [-0.05, 0) is 0 Å². The lowest BCUT2D eigenvalue weighted by Crippen LogP contribution is -2.34. The molecule has 2 aliphatic rings. The molecule has 0 spiro atoms. The molecule has 1 fully saturated rings. The van der Waals surface area contributed by atoms with Crippen LogP contribution in [0.4, 0.5) is 11.6 Å². The van der Waals surface area contributed by atoms with Gasteiger partial charge < -0.3 is 25.6 Å². The molecule has 1 aromatic rings. The van der Waals surface area contributed by atoms with Gasteiger partial charge in [-0.3, -0.25) is 0 Å². The van der Waals surface area contributed by atoms with Gasteiger partial charge in [0, 0.05) is 24.1 Å². The molecule has 4 atom stereocenters. The van der Waals surface area contributed by atoms with Crippen LogP contribution >= 0.6 is 0 Å². The molecule has 0 aromatic carbocycles. The van der Waals surface area contributed by atoms with E-state index >= 15 is 0 Å². The van der Waals surface area contributed by atoms with Crippen LogP contribution in [0.15, 0.2) is 18.6 Å². The average molecular weight is 278 g/mol. The lowest BCUT2D eigenvalue weighted by atomic mass is 9.99. The number of aromatic nitrogens is 2. The topological polar surface area (TPSA) is 105 Å². The van der Waals surface area contributed by atoms with E-state index in [1.807, 2.05) is 24.1 Å². The van der Waals surface area contributed by atoms with Crippen molar-refractivity contribution in [1.82, 2.24) is 9.97 Å². The normalized spacial score (nSPS) is 32.5. The van der Waals surface area contributed by atoms with E-state index in [9.17, 15) is 5.11 Å². The third kappa shape index (κ3) is 2.04. The van der Waals surface area contributed by atoms with E-state index in [0.717, 1.165) is 5.56 Å². The molecule has 7 heteroatoms. The first-order chi connectivity index (χ1) is 9.61. The molecule has 3 heterocycles. The van der Waals surface area contributed by atoms with Crippen molar-refractivity contribution in [3.05, 3.63) is 24.2 Å². The van der Waals surface area contributed by atoms with E-state index in [4.69, 9.17) is 15.6 Å². The maximum atomic E-state index is 9.85. The van der Waals surface area contributed by atoms with Crippen LogP contribution in [0, 0.1) is 0 Å². The summed E-state index contributed by atoms with van der Waals surface area (Å²) < 4.78 is 5.67. The quantitative estimate of drug-likeness (QED) is 0.697. The number of nitrogens with zero attached hydrogens (tertiary/aromatic N) is 3. The molecule has 0 bridgehead atoms. The summed E-state index contributed by atoms with van der Waals surface area (Å²) in [6.45, 7) is 1.82. The van der Waals surface area contributed by atoms with Crippen molar-refractivity contribution in [2.24, 2.45) is 0 Å². The van der Waals surface area contributed by atoms with Gasteiger partial charge >= 0.3 is 0 Å². The number of ether oxygens (including phenoxy) is 1. The summed E-state index contributed by atoms with van der Waals surface area (Å²) in [5.74, 6) is 1.28. The Morgan fingerprint density at radius 1 is 1.50 bits per heavy atom. The number of fused-ring (bicyclic) bond motifs is 1. The maximum Gasteiger partial charge on any atom is 0.143 e. The predicted molar refractivity (Wildman–Crippen MR) is 72.8 cm³/mol. The molecule has 3 rings (SSSR count). The molecular formula is C13H18N4O3. The zero-order chi connectivity index (χ0) is 14.3. The van der Waals surface area contributed by atoms with Crippen LogP contribution in [0.2, 0.25) is 0 Å². The number of hydrogen-bond acceptors (Lipinski definition) is 7. The predicted octanol–water partition coefficient (Wildman–Crippen LogP) is -0.0358. The third-order valence-electron chi connectivity index (χ3n) is 3.82. The number of hydrogen-bond donors (Lipinski definition) is 3. The van der Waals surface area contributed by atoms with Crippen molar-refractivity contribution in [2.45, 2.75) is 37.7 Å². The first-order valence-corrected chi connectivity index (χ1v) is 6.63. The molecule has 1 aromatic heterocycles. The highest BCUT2D eigenvalue weighted by Crippen LogP contribution is 2.37. The second-order valence-corrected chi connectivity index (χ2v) is 5.15. The molecule has 7 nitrogen and oxygen atoms in total. The highest BCUT2D eigenvalue weighted by molar-refractivity contribution is 5.63. The van der Waals surface area contributed by atoms with Crippen molar-refractivity contribution < 1.29 is 14.9 Å². The number of rotatable bonds is 2. The van der Waals surface area contributed by atoms with E-state index in [2.05, 4.69) is 9.97 Å². The Morgan fingerprint density at radius 3 is 3.00 bits per heavy atom. The van der Waals surface area contributed by atoms with E-state index in [1.54, 1.807) is 0 Å². The van der Waals surface area contributed by atoms with Gasteiger partial charge in [0.2, 0.25) is 0 Å². The number of nitrogens with two attached hydrogens (primary N) is 1. The Labute approximate surface area is 116 Å². The van der Waals surface area contributed by atoms with Gasteiger partial charge in [-0.25, -0.2) is 9.97 Å². The van der Waals surface area contributed by atoms with Gasteiger partial charge in [-0.1, -0.05) is 13.0 Å². The molecule has 20 heavy (non-hydrogen) atoms. The fourth-order valence-corrected chi connectivity index (χ4v) is 2.71. The summed E-state index contributed by atoms with van der Waals surface area (Å²) >= 11 is 0. The molecule has 108 valence electrons. The lowest BCUT2D eigenvalue weighted by molar-refractivity contribution is -0.0204. The molecule has 0 radical (unpaired) electrons. The summed E-state index contributed by atoms with van der Waals surface area (Å²) in [4.78, 5) is 10.2. The van der Waals surface area contributed by atoms with Crippen molar-refractivity contribution in [3.63, 3.8) is 0 Å². The number of nitrogen functional groups attached to an aromatic ring is 1. The van der Waals surface area contributed by atoms with Crippen LogP contribution in [0.1, 0.15) is 24.8 Å². The van der Waals surface area contributed by atoms with Crippen LogP contribution < -0.4 is 10.6 Å². The van der Waals surface area contributed by atoms with Gasteiger partial charge in [0.1, 0.15) is 30.3 Å². The van der Waals surface area contributed by atoms with E-state index in [-0.39, 0.29) is 18.8 Å². The summed E-state index contributed by atoms with van der Waals surface area (Å²) in [5.41, 5.74) is 6.79. The highest BCUT2D eigenvalue weighted by Gasteiger charge is 2.38. The molecule has 0 aliphatic carbocycles. The molecule has 0 saturated carbocycles. The first kappa shape index (κ1) is 13.3. The van der Waals surface area contributed by atoms with E-state index in [0.29, 0.717) is 18.1 Å². The van der Waals surface area contributed by atoms with Crippen LogP contribution in [0.25, 0.3) is 0 Å². The Hall–Kier alpha value is -1.70. The number of aliphatic hydroxyl groups excluding tert-OH is 2. The van der Waals surface area contributed by atoms with Crippen molar-refractivity contribution >= 4 is 11.6 Å². The molecule has 0 amide bonds. The van der Waals surface area contributed by atoms with E-state index in [1.165, 1.54) is 6.33 Å². The van der Waals surface area contributed by atoms with E-state index < -0.39 is 12.2 Å². The van der Waals surface area contributed by atoms with Crippen LogP contribution in [-0.2, 0) is 4.74 Å². The first-order valence-electron chi connectivity index (χ1n) is 6.63. The van der Waals surface area contributed by atoms with Crippen molar-refractivity contribution in [3.8, 4) is 0 Å². The molecule has 4 N–H and O–H groups in total. The lowest BCUT2D eigenvalue weighted by Gasteiger charge is -2.32. The Kier molecular flexibility index (Phi) is 3.33. The van der Waals surface area contributed by atoms with Crippen molar-refractivity contribution in [1.29, 1.82) is 0 Å². The monoisotopic (exact) mass is 278 g/mol. The average Bonchev–Trinajstić information content (AvgIpc) is 2.80. The minimum absolute atomic E-state index is 0.127. The molecule has 1 saturated heterocycles. The van der Waals surface area contributed by atoms with Gasteiger partial charge in [0.25, 0.3) is 0 Å². The fraction of sp³-hybridized carbons (Fsp3) is 0.538. The van der Waals surface area contributed by atoms with Gasteiger partial charge in [-0.15, -0.1) is 0 Å². The summed E-state index contributed by atoms with van der Waals surface area (Å²) in [5, 5.41) is 19.0. The fourth-order valence-electron chi connectivity index (χ4n) is 2.71. The Balaban J connectivity index is 1.93. The maximum absolute atomic E-state index is 9.85. The summed E-state index contributed by atoms with van der Waals surface area (Å²) in [7, 11) is 0. The Bertz CT molecular complexity index is 536. The SMILES string of the molecule is CC1C=CN(C2CC(O)C(CO)O2)c2ncnc(N)c21.